The first-order valence-corrected chi connectivity index (χ1v) is 5.07. The molecule has 0 aliphatic carbocycles. The highest BCUT2D eigenvalue weighted by atomic mass is 19.1. The molecule has 80 valence electrons. The average molecular weight is 205 g/mol. The average Bonchev–Trinajstić information content (AvgIpc) is 2.24. The van der Waals surface area contributed by atoms with E-state index >= 15 is 0 Å². The van der Waals surface area contributed by atoms with Gasteiger partial charge in [-0.15, -0.1) is 11.8 Å². The number of nitrogens with one attached hydrogen (secondary N) is 1. The maximum Gasteiger partial charge on any atom is 0.123 e. The van der Waals surface area contributed by atoms with Crippen LogP contribution in [0.2, 0.25) is 0 Å². The molecule has 0 amide bonds. The van der Waals surface area contributed by atoms with Gasteiger partial charge >= 0.3 is 0 Å². The van der Waals surface area contributed by atoms with Crippen LogP contribution in [-0.4, -0.2) is 13.1 Å². The van der Waals surface area contributed by atoms with E-state index in [2.05, 4.69) is 17.2 Å². The van der Waals surface area contributed by atoms with Crippen LogP contribution < -0.4 is 5.32 Å². The highest BCUT2D eigenvalue weighted by molar-refractivity contribution is 5.18. The van der Waals surface area contributed by atoms with Gasteiger partial charge in [-0.25, -0.2) is 4.39 Å². The fourth-order valence-corrected chi connectivity index (χ4v) is 1.45. The normalized spacial score (nSPS) is 11.7. The minimum absolute atomic E-state index is 0.177. The first-order chi connectivity index (χ1) is 7.26. The maximum atomic E-state index is 12.9. The van der Waals surface area contributed by atoms with Gasteiger partial charge in [0.05, 0.1) is 0 Å². The summed E-state index contributed by atoms with van der Waals surface area (Å²) in [4.78, 5) is 0. The molecular weight excluding hydrogens is 189 g/mol. The Morgan fingerprint density at radius 3 is 2.87 bits per heavy atom. The Morgan fingerprint density at radius 1 is 1.47 bits per heavy atom. The number of rotatable bonds is 4. The maximum absolute atomic E-state index is 12.9. The van der Waals surface area contributed by atoms with E-state index in [9.17, 15) is 4.39 Å². The summed E-state index contributed by atoms with van der Waals surface area (Å²) in [6.45, 7) is 1.83. The van der Waals surface area contributed by atoms with Crippen LogP contribution >= 0.6 is 0 Å². The summed E-state index contributed by atoms with van der Waals surface area (Å²) in [6.07, 6.45) is 1.60. The minimum atomic E-state index is -0.177. The Bertz CT molecular complexity index is 362. The van der Waals surface area contributed by atoms with Crippen molar-refractivity contribution in [3.8, 4) is 11.8 Å². The van der Waals surface area contributed by atoms with Gasteiger partial charge in [-0.05, 0) is 38.1 Å². The molecule has 1 atom stereocenters. The van der Waals surface area contributed by atoms with Crippen molar-refractivity contribution >= 4 is 0 Å². The molecule has 0 radical (unpaired) electrons. The van der Waals surface area contributed by atoms with E-state index in [1.165, 1.54) is 6.07 Å². The monoisotopic (exact) mass is 205 g/mol. The van der Waals surface area contributed by atoms with Gasteiger partial charge in [-0.2, -0.15) is 0 Å². The molecule has 1 N–H and O–H groups in total. The molecule has 0 heterocycles. The molecule has 1 unspecified atom stereocenters. The van der Waals surface area contributed by atoms with Gasteiger partial charge < -0.3 is 5.32 Å². The van der Waals surface area contributed by atoms with Crippen LogP contribution in [0.15, 0.2) is 24.3 Å². The third-order valence-corrected chi connectivity index (χ3v) is 2.30. The van der Waals surface area contributed by atoms with Gasteiger partial charge in [0.25, 0.3) is 0 Å². The van der Waals surface area contributed by atoms with Gasteiger partial charge in [0.1, 0.15) is 5.82 Å². The third-order valence-electron chi connectivity index (χ3n) is 2.30. The van der Waals surface area contributed by atoms with Gasteiger partial charge in [0.2, 0.25) is 0 Å². The lowest BCUT2D eigenvalue weighted by Gasteiger charge is -2.12. The molecule has 0 saturated carbocycles. The summed E-state index contributed by atoms with van der Waals surface area (Å²) in [7, 11) is 1.90. The smallest absolute Gasteiger partial charge is 0.123 e. The fraction of sp³-hybridized carbons (Fsp3) is 0.385. The number of hydrogen-bond donors (Lipinski definition) is 1. The molecule has 0 bridgehead atoms. The van der Waals surface area contributed by atoms with Crippen LogP contribution in [0.3, 0.4) is 0 Å². The van der Waals surface area contributed by atoms with E-state index in [4.69, 9.17) is 0 Å². The van der Waals surface area contributed by atoms with Crippen molar-refractivity contribution in [1.29, 1.82) is 0 Å². The summed E-state index contributed by atoms with van der Waals surface area (Å²) >= 11 is 0. The van der Waals surface area contributed by atoms with Crippen LogP contribution in [0, 0.1) is 17.7 Å². The van der Waals surface area contributed by atoms with Crippen molar-refractivity contribution < 1.29 is 4.39 Å². The van der Waals surface area contributed by atoms with Crippen LogP contribution in [0.25, 0.3) is 0 Å². The molecule has 1 aromatic rings. The quantitative estimate of drug-likeness (QED) is 0.744. The van der Waals surface area contributed by atoms with Crippen LogP contribution in [0.4, 0.5) is 4.39 Å². The topological polar surface area (TPSA) is 12.0 Å². The Labute approximate surface area is 90.7 Å². The summed E-state index contributed by atoms with van der Waals surface area (Å²) in [5, 5.41) is 3.18. The molecule has 0 aliphatic heterocycles. The second-order valence-corrected chi connectivity index (χ2v) is 3.45. The number of halogens is 1. The second-order valence-electron chi connectivity index (χ2n) is 3.45. The lowest BCUT2D eigenvalue weighted by atomic mass is 10.0. The molecule has 2 heteroatoms. The van der Waals surface area contributed by atoms with Crippen molar-refractivity contribution in [1.82, 2.24) is 5.32 Å². The lowest BCUT2D eigenvalue weighted by molar-refractivity contribution is 0.568. The van der Waals surface area contributed by atoms with Crippen LogP contribution in [0.5, 0.6) is 0 Å². The molecule has 1 aromatic carbocycles. The predicted octanol–water partition coefficient (Wildman–Crippen LogP) is 2.37. The van der Waals surface area contributed by atoms with Crippen molar-refractivity contribution in [2.75, 3.05) is 7.05 Å². The molecule has 0 spiro atoms. The zero-order valence-electron chi connectivity index (χ0n) is 9.18. The van der Waals surface area contributed by atoms with E-state index in [0.717, 1.165) is 18.4 Å². The molecule has 15 heavy (non-hydrogen) atoms. The first-order valence-electron chi connectivity index (χ1n) is 5.07. The highest BCUT2D eigenvalue weighted by Crippen LogP contribution is 2.07. The molecule has 1 nitrogen and oxygen atoms in total. The summed E-state index contributed by atoms with van der Waals surface area (Å²) in [5.41, 5.74) is 1.01. The molecule has 1 rings (SSSR count). The molecule has 0 aliphatic rings. The van der Waals surface area contributed by atoms with Gasteiger partial charge in [0, 0.05) is 12.5 Å². The lowest BCUT2D eigenvalue weighted by Crippen LogP contribution is -2.27. The van der Waals surface area contributed by atoms with Crippen LogP contribution in [-0.2, 0) is 6.42 Å². The predicted molar refractivity (Wildman–Crippen MR) is 61.0 cm³/mol. The largest absolute Gasteiger partial charge is 0.316 e. The number of likely N-dealkylation sites (N-methyl/N-ethyl adjacent to an activating group) is 1. The van der Waals surface area contributed by atoms with Gasteiger partial charge in [0.15, 0.2) is 0 Å². The Balaban J connectivity index is 2.60. The van der Waals surface area contributed by atoms with Crippen molar-refractivity contribution in [2.45, 2.75) is 25.8 Å². The molecular formula is C13H16FN. The summed E-state index contributed by atoms with van der Waals surface area (Å²) in [5.74, 6) is 5.72. The zero-order chi connectivity index (χ0) is 11.1. The molecule has 0 fully saturated rings. The zero-order valence-corrected chi connectivity index (χ0v) is 9.18. The van der Waals surface area contributed by atoms with Crippen molar-refractivity contribution in [3.63, 3.8) is 0 Å². The Kier molecular flexibility index (Phi) is 4.86. The Morgan fingerprint density at radius 2 is 2.27 bits per heavy atom. The van der Waals surface area contributed by atoms with E-state index in [1.54, 1.807) is 12.1 Å². The first kappa shape index (κ1) is 11.7. The van der Waals surface area contributed by atoms with Gasteiger partial charge in [-0.1, -0.05) is 12.1 Å². The number of benzene rings is 1. The SMILES string of the molecule is CC#CCC(Cc1cccc(F)c1)NC. The standard InChI is InChI=1S/C13H16FN/c1-3-4-8-13(15-2)10-11-6-5-7-12(14)9-11/h5-7,9,13,15H,8,10H2,1-2H3. The van der Waals surface area contributed by atoms with Gasteiger partial charge in [-0.3, -0.25) is 0 Å². The molecule has 0 saturated heterocycles. The number of hydrogen-bond acceptors (Lipinski definition) is 1. The third kappa shape index (κ3) is 4.14. The van der Waals surface area contributed by atoms with Crippen molar-refractivity contribution in [3.05, 3.63) is 35.6 Å². The van der Waals surface area contributed by atoms with E-state index < -0.39 is 0 Å². The second kappa shape index (κ2) is 6.21. The van der Waals surface area contributed by atoms with Crippen LogP contribution in [0.1, 0.15) is 18.9 Å². The van der Waals surface area contributed by atoms with E-state index in [-0.39, 0.29) is 5.82 Å². The van der Waals surface area contributed by atoms with Crippen molar-refractivity contribution in [2.24, 2.45) is 0 Å². The summed E-state index contributed by atoms with van der Waals surface area (Å²) in [6, 6.07) is 7.00. The molecule has 0 aromatic heterocycles. The fourth-order valence-electron chi connectivity index (χ4n) is 1.45. The Hall–Kier alpha value is -1.33. The summed E-state index contributed by atoms with van der Waals surface area (Å²) < 4.78 is 12.9. The highest BCUT2D eigenvalue weighted by Gasteiger charge is 2.05. The minimum Gasteiger partial charge on any atom is -0.316 e. The van der Waals surface area contributed by atoms with E-state index in [0.29, 0.717) is 6.04 Å². The van der Waals surface area contributed by atoms with E-state index in [1.807, 2.05) is 20.0 Å².